The minimum absolute atomic E-state index is 0.138. The maximum Gasteiger partial charge on any atom is 0.256 e. The van der Waals surface area contributed by atoms with Gasteiger partial charge in [0.05, 0.1) is 21.7 Å². The van der Waals surface area contributed by atoms with E-state index in [-0.39, 0.29) is 11.8 Å². The lowest BCUT2D eigenvalue weighted by atomic mass is 10.1. The standard InChI is InChI=1S/C22H17N3O2S/c1-14(26)23-15-8-10-16(11-9-15)24-22(27)18-13-20(21-7-4-12-28-21)25-19-6-3-2-5-17(18)19/h2-13H,1H3,(H,23,26)(H,24,27). The molecule has 5 nitrogen and oxygen atoms in total. The van der Waals surface area contributed by atoms with Crippen LogP contribution in [0.3, 0.4) is 0 Å². The Labute approximate surface area is 166 Å². The number of thiophene rings is 1. The number of carbonyl (C=O) groups is 2. The third-order valence-corrected chi connectivity index (χ3v) is 5.09. The van der Waals surface area contributed by atoms with Crippen LogP contribution in [-0.2, 0) is 4.79 Å². The van der Waals surface area contributed by atoms with E-state index in [0.29, 0.717) is 16.9 Å². The molecule has 28 heavy (non-hydrogen) atoms. The van der Waals surface area contributed by atoms with Crippen LogP contribution in [0.5, 0.6) is 0 Å². The molecule has 6 heteroatoms. The molecule has 0 unspecified atom stereocenters. The largest absolute Gasteiger partial charge is 0.326 e. The number of aromatic nitrogens is 1. The number of anilines is 2. The summed E-state index contributed by atoms with van der Waals surface area (Å²) in [6.07, 6.45) is 0. The topological polar surface area (TPSA) is 71.1 Å². The number of fused-ring (bicyclic) bond motifs is 1. The Morgan fingerprint density at radius 1 is 0.893 bits per heavy atom. The molecule has 0 bridgehead atoms. The van der Waals surface area contributed by atoms with Gasteiger partial charge in [0.1, 0.15) is 0 Å². The van der Waals surface area contributed by atoms with Gasteiger partial charge in [-0.1, -0.05) is 24.3 Å². The normalized spacial score (nSPS) is 10.6. The minimum atomic E-state index is -0.205. The molecule has 0 fully saturated rings. The number of hydrogen-bond donors (Lipinski definition) is 2. The van der Waals surface area contributed by atoms with Crippen LogP contribution >= 0.6 is 11.3 Å². The first kappa shape index (κ1) is 17.9. The molecule has 0 aliphatic rings. The van der Waals surface area contributed by atoms with Crippen molar-refractivity contribution >= 4 is 45.4 Å². The first-order chi connectivity index (χ1) is 13.6. The highest BCUT2D eigenvalue weighted by molar-refractivity contribution is 7.13. The highest BCUT2D eigenvalue weighted by Gasteiger charge is 2.14. The molecular weight excluding hydrogens is 370 g/mol. The third-order valence-electron chi connectivity index (χ3n) is 4.20. The van der Waals surface area contributed by atoms with Gasteiger partial charge in [-0.15, -0.1) is 11.3 Å². The average molecular weight is 387 g/mol. The summed E-state index contributed by atoms with van der Waals surface area (Å²) < 4.78 is 0. The Bertz CT molecular complexity index is 1150. The highest BCUT2D eigenvalue weighted by Crippen LogP contribution is 2.28. The van der Waals surface area contributed by atoms with Crippen molar-refractivity contribution in [2.75, 3.05) is 10.6 Å². The van der Waals surface area contributed by atoms with Crippen LogP contribution in [0.1, 0.15) is 17.3 Å². The zero-order chi connectivity index (χ0) is 19.5. The van der Waals surface area contributed by atoms with Crippen LogP contribution in [0.2, 0.25) is 0 Å². The van der Waals surface area contributed by atoms with Crippen molar-refractivity contribution in [2.45, 2.75) is 6.92 Å². The molecule has 0 radical (unpaired) electrons. The molecular formula is C22H17N3O2S. The van der Waals surface area contributed by atoms with Crippen LogP contribution in [0.4, 0.5) is 11.4 Å². The molecule has 0 saturated heterocycles. The van der Waals surface area contributed by atoms with Gasteiger partial charge in [-0.05, 0) is 47.8 Å². The van der Waals surface area contributed by atoms with Crippen LogP contribution < -0.4 is 10.6 Å². The number of para-hydroxylation sites is 1. The molecule has 2 N–H and O–H groups in total. The first-order valence-electron chi connectivity index (χ1n) is 8.73. The predicted molar refractivity (Wildman–Crippen MR) is 114 cm³/mol. The van der Waals surface area contributed by atoms with E-state index in [0.717, 1.165) is 21.5 Å². The van der Waals surface area contributed by atoms with E-state index < -0.39 is 0 Å². The lowest BCUT2D eigenvalue weighted by Crippen LogP contribution is -2.13. The number of nitrogens with one attached hydrogen (secondary N) is 2. The number of hydrogen-bond acceptors (Lipinski definition) is 4. The summed E-state index contributed by atoms with van der Waals surface area (Å²) in [4.78, 5) is 29.8. The summed E-state index contributed by atoms with van der Waals surface area (Å²) >= 11 is 1.59. The summed E-state index contributed by atoms with van der Waals surface area (Å²) in [7, 11) is 0. The van der Waals surface area contributed by atoms with E-state index in [4.69, 9.17) is 4.98 Å². The van der Waals surface area contributed by atoms with Crippen molar-refractivity contribution in [3.05, 3.63) is 77.7 Å². The Morgan fingerprint density at radius 3 is 2.29 bits per heavy atom. The molecule has 2 amide bonds. The van der Waals surface area contributed by atoms with Gasteiger partial charge >= 0.3 is 0 Å². The van der Waals surface area contributed by atoms with Gasteiger partial charge in [0, 0.05) is 23.7 Å². The maximum atomic E-state index is 13.0. The molecule has 2 heterocycles. The molecule has 0 spiro atoms. The van der Waals surface area contributed by atoms with Crippen molar-refractivity contribution in [1.29, 1.82) is 0 Å². The molecule has 2 aromatic heterocycles. The Kier molecular flexibility index (Phi) is 4.87. The van der Waals surface area contributed by atoms with Gasteiger partial charge in [-0.3, -0.25) is 9.59 Å². The number of carbonyl (C=O) groups excluding carboxylic acids is 2. The molecule has 0 saturated carbocycles. The van der Waals surface area contributed by atoms with Gasteiger partial charge in [0.2, 0.25) is 5.91 Å². The van der Waals surface area contributed by atoms with Crippen LogP contribution in [-0.4, -0.2) is 16.8 Å². The predicted octanol–water partition coefficient (Wildman–Crippen LogP) is 5.17. The maximum absolute atomic E-state index is 13.0. The smallest absolute Gasteiger partial charge is 0.256 e. The lowest BCUT2D eigenvalue weighted by molar-refractivity contribution is -0.114. The van der Waals surface area contributed by atoms with E-state index >= 15 is 0 Å². The molecule has 0 atom stereocenters. The second-order valence-corrected chi connectivity index (χ2v) is 7.21. The molecule has 2 aromatic carbocycles. The highest BCUT2D eigenvalue weighted by atomic mass is 32.1. The van der Waals surface area contributed by atoms with Crippen LogP contribution in [0.25, 0.3) is 21.5 Å². The summed E-state index contributed by atoms with van der Waals surface area (Å²) in [6.45, 7) is 1.45. The fraction of sp³-hybridized carbons (Fsp3) is 0.0455. The van der Waals surface area contributed by atoms with Gasteiger partial charge in [0.15, 0.2) is 0 Å². The monoisotopic (exact) mass is 387 g/mol. The van der Waals surface area contributed by atoms with Gasteiger partial charge < -0.3 is 10.6 Å². The van der Waals surface area contributed by atoms with Crippen molar-refractivity contribution in [3.8, 4) is 10.6 Å². The summed E-state index contributed by atoms with van der Waals surface area (Å²) in [5, 5.41) is 8.42. The zero-order valence-corrected chi connectivity index (χ0v) is 15.9. The van der Waals surface area contributed by atoms with Crippen LogP contribution in [0.15, 0.2) is 72.1 Å². The van der Waals surface area contributed by atoms with E-state index in [1.54, 1.807) is 35.6 Å². The second-order valence-electron chi connectivity index (χ2n) is 6.26. The lowest BCUT2D eigenvalue weighted by Gasteiger charge is -2.10. The van der Waals surface area contributed by atoms with E-state index in [1.807, 2.05) is 47.8 Å². The van der Waals surface area contributed by atoms with Crippen molar-refractivity contribution in [3.63, 3.8) is 0 Å². The molecule has 4 rings (SSSR count). The minimum Gasteiger partial charge on any atom is -0.326 e. The zero-order valence-electron chi connectivity index (χ0n) is 15.1. The van der Waals surface area contributed by atoms with Gasteiger partial charge in [-0.25, -0.2) is 4.98 Å². The Hall–Kier alpha value is -3.51. The molecule has 0 aliphatic carbocycles. The SMILES string of the molecule is CC(=O)Nc1ccc(NC(=O)c2cc(-c3cccs3)nc3ccccc23)cc1. The van der Waals surface area contributed by atoms with Gasteiger partial charge in [-0.2, -0.15) is 0 Å². The average Bonchev–Trinajstić information content (AvgIpc) is 3.23. The number of nitrogens with zero attached hydrogens (tertiary/aromatic N) is 1. The van der Waals surface area contributed by atoms with Crippen molar-refractivity contribution in [2.24, 2.45) is 0 Å². The second kappa shape index (κ2) is 7.62. The Morgan fingerprint density at radius 2 is 1.61 bits per heavy atom. The fourth-order valence-electron chi connectivity index (χ4n) is 2.95. The number of pyridine rings is 1. The summed E-state index contributed by atoms with van der Waals surface area (Å²) in [5.74, 6) is -0.343. The summed E-state index contributed by atoms with van der Waals surface area (Å²) in [6, 6.07) is 20.4. The fourth-order valence-corrected chi connectivity index (χ4v) is 3.64. The third kappa shape index (κ3) is 3.77. The molecule has 138 valence electrons. The number of benzene rings is 2. The van der Waals surface area contributed by atoms with E-state index in [1.165, 1.54) is 6.92 Å². The first-order valence-corrected chi connectivity index (χ1v) is 9.61. The quantitative estimate of drug-likeness (QED) is 0.507. The van der Waals surface area contributed by atoms with E-state index in [2.05, 4.69) is 10.6 Å². The van der Waals surface area contributed by atoms with Crippen LogP contribution in [0, 0.1) is 0 Å². The molecule has 4 aromatic rings. The molecule has 0 aliphatic heterocycles. The number of rotatable bonds is 4. The summed E-state index contributed by atoms with van der Waals surface area (Å²) in [5.41, 5.74) is 3.46. The number of amides is 2. The van der Waals surface area contributed by atoms with E-state index in [9.17, 15) is 9.59 Å². The van der Waals surface area contributed by atoms with Crippen molar-refractivity contribution in [1.82, 2.24) is 4.98 Å². The Balaban J connectivity index is 1.67. The van der Waals surface area contributed by atoms with Crippen molar-refractivity contribution < 1.29 is 9.59 Å². The van der Waals surface area contributed by atoms with Gasteiger partial charge in [0.25, 0.3) is 5.91 Å².